The molecule has 28 heavy (non-hydrogen) atoms. The van der Waals surface area contributed by atoms with Crippen LogP contribution in [0.4, 0.5) is 5.69 Å². The van der Waals surface area contributed by atoms with E-state index < -0.39 is 9.84 Å². The smallest absolute Gasteiger partial charge is 0.191 e. The van der Waals surface area contributed by atoms with Crippen molar-refractivity contribution in [3.8, 4) is 11.5 Å². The summed E-state index contributed by atoms with van der Waals surface area (Å²) in [7, 11) is 1.98. The number of aliphatic imine (C=N–C) groups is 1. The van der Waals surface area contributed by atoms with Gasteiger partial charge < -0.3 is 25.0 Å². The van der Waals surface area contributed by atoms with Crippen molar-refractivity contribution in [2.75, 3.05) is 57.3 Å². The van der Waals surface area contributed by atoms with Gasteiger partial charge in [-0.1, -0.05) is 6.92 Å². The van der Waals surface area contributed by atoms with Crippen molar-refractivity contribution >= 4 is 45.5 Å². The highest BCUT2D eigenvalue weighted by Crippen LogP contribution is 2.30. The molecule has 1 aromatic rings. The quantitative estimate of drug-likeness (QED) is 0.302. The maximum absolute atomic E-state index is 11.6. The minimum atomic E-state index is -2.99. The second kappa shape index (κ2) is 11.5. The van der Waals surface area contributed by atoms with Gasteiger partial charge >= 0.3 is 0 Å². The summed E-state index contributed by atoms with van der Waals surface area (Å²) in [6, 6.07) is 6.06. The van der Waals surface area contributed by atoms with Gasteiger partial charge in [0.05, 0.1) is 20.0 Å². The molecule has 8 nitrogen and oxygen atoms in total. The van der Waals surface area contributed by atoms with Crippen LogP contribution < -0.4 is 25.0 Å². The number of ether oxygens (including phenoxy) is 2. The number of benzene rings is 1. The van der Waals surface area contributed by atoms with Crippen LogP contribution in [-0.2, 0) is 9.84 Å². The van der Waals surface area contributed by atoms with Gasteiger partial charge in [0, 0.05) is 62.4 Å². The molecule has 1 saturated heterocycles. The van der Waals surface area contributed by atoms with Gasteiger partial charge in [0.15, 0.2) is 15.8 Å². The molecule has 0 aliphatic carbocycles. The molecule has 0 saturated carbocycles. The van der Waals surface area contributed by atoms with Crippen LogP contribution in [-0.4, -0.2) is 72.8 Å². The zero-order valence-electron chi connectivity index (χ0n) is 16.9. The molecule has 1 aliphatic heterocycles. The molecule has 10 heteroatoms. The third-order valence-electron chi connectivity index (χ3n) is 4.60. The van der Waals surface area contributed by atoms with Gasteiger partial charge in [0.2, 0.25) is 0 Å². The first kappa shape index (κ1) is 24.6. The van der Waals surface area contributed by atoms with Crippen molar-refractivity contribution in [1.82, 2.24) is 10.6 Å². The van der Waals surface area contributed by atoms with E-state index >= 15 is 0 Å². The number of guanidine groups is 1. The zero-order valence-corrected chi connectivity index (χ0v) is 20.0. The lowest BCUT2D eigenvalue weighted by molar-refractivity contribution is 0.394. The number of anilines is 1. The van der Waals surface area contributed by atoms with Crippen molar-refractivity contribution in [3.05, 3.63) is 18.2 Å². The lowest BCUT2D eigenvalue weighted by atomic mass is 10.2. The minimum absolute atomic E-state index is 0. The Kier molecular flexibility index (Phi) is 10.1. The first-order chi connectivity index (χ1) is 12.9. The molecule has 0 amide bonds. The summed E-state index contributed by atoms with van der Waals surface area (Å²) in [4.78, 5) is 6.45. The summed E-state index contributed by atoms with van der Waals surface area (Å²) in [5.74, 6) is 2.40. The van der Waals surface area contributed by atoms with Crippen LogP contribution in [0.2, 0.25) is 0 Å². The summed E-state index contributed by atoms with van der Waals surface area (Å²) in [5, 5.41) is 6.45. The number of halogens is 1. The van der Waals surface area contributed by atoms with Gasteiger partial charge in [0.1, 0.15) is 11.5 Å². The number of methoxy groups -OCH3 is 2. The lowest BCUT2D eigenvalue weighted by Crippen LogP contribution is -2.45. The molecule has 0 radical (unpaired) electrons. The van der Waals surface area contributed by atoms with E-state index in [4.69, 9.17) is 9.47 Å². The van der Waals surface area contributed by atoms with E-state index in [-0.39, 0.29) is 41.5 Å². The molecule has 0 bridgehead atoms. The van der Waals surface area contributed by atoms with E-state index in [1.165, 1.54) is 0 Å². The second-order valence-electron chi connectivity index (χ2n) is 6.38. The van der Waals surface area contributed by atoms with Crippen LogP contribution >= 0.6 is 24.0 Å². The zero-order chi connectivity index (χ0) is 19.9. The van der Waals surface area contributed by atoms with Crippen LogP contribution in [0.1, 0.15) is 13.3 Å². The molecule has 1 fully saturated rings. The van der Waals surface area contributed by atoms with Crippen LogP contribution in [0, 0.1) is 0 Å². The van der Waals surface area contributed by atoms with E-state index in [0.29, 0.717) is 12.5 Å². The van der Waals surface area contributed by atoms with Crippen molar-refractivity contribution < 1.29 is 17.9 Å². The van der Waals surface area contributed by atoms with Crippen molar-refractivity contribution in [3.63, 3.8) is 0 Å². The minimum Gasteiger partial charge on any atom is -0.497 e. The Balaban J connectivity index is 0.00000392. The van der Waals surface area contributed by atoms with E-state index in [2.05, 4.69) is 20.5 Å². The second-order valence-corrected chi connectivity index (χ2v) is 8.85. The molecule has 1 heterocycles. The van der Waals surface area contributed by atoms with Gasteiger partial charge in [-0.2, -0.15) is 0 Å². The summed E-state index contributed by atoms with van der Waals surface area (Å²) in [6.07, 6.45) is 0.952. The Morgan fingerprint density at radius 3 is 2.43 bits per heavy atom. The van der Waals surface area contributed by atoms with E-state index in [0.717, 1.165) is 36.7 Å². The lowest BCUT2D eigenvalue weighted by Gasteiger charge is -2.21. The molecular formula is C18H31IN4O4S. The third-order valence-corrected chi connectivity index (χ3v) is 6.31. The number of hydrogen-bond donors (Lipinski definition) is 2. The Morgan fingerprint density at radius 1 is 1.25 bits per heavy atom. The molecule has 1 atom stereocenters. The van der Waals surface area contributed by atoms with Gasteiger partial charge in [0.25, 0.3) is 0 Å². The van der Waals surface area contributed by atoms with Crippen LogP contribution in [0.3, 0.4) is 0 Å². The van der Waals surface area contributed by atoms with E-state index in [1.54, 1.807) is 28.2 Å². The van der Waals surface area contributed by atoms with Gasteiger partial charge in [-0.3, -0.25) is 4.99 Å². The molecule has 1 unspecified atom stereocenters. The first-order valence-corrected chi connectivity index (χ1v) is 10.9. The monoisotopic (exact) mass is 526 g/mol. The van der Waals surface area contributed by atoms with Crippen LogP contribution in [0.5, 0.6) is 11.5 Å². The van der Waals surface area contributed by atoms with E-state index in [9.17, 15) is 8.42 Å². The summed E-state index contributed by atoms with van der Waals surface area (Å²) in [6.45, 7) is 3.71. The Labute approximate surface area is 185 Å². The number of rotatable bonds is 8. The number of nitrogens with one attached hydrogen (secondary N) is 2. The van der Waals surface area contributed by atoms with Gasteiger partial charge in [-0.05, 0) is 6.42 Å². The largest absolute Gasteiger partial charge is 0.497 e. The topological polar surface area (TPSA) is 92.3 Å². The van der Waals surface area contributed by atoms with Crippen molar-refractivity contribution in [1.29, 1.82) is 0 Å². The summed E-state index contributed by atoms with van der Waals surface area (Å²) < 4.78 is 33.9. The predicted molar refractivity (Wildman–Crippen MR) is 124 cm³/mol. The van der Waals surface area contributed by atoms with Crippen molar-refractivity contribution in [2.24, 2.45) is 4.99 Å². The molecule has 160 valence electrons. The standard InChI is InChI=1S/C18H30N4O4S.HI/c1-5-27(23,24)9-7-20-18(19-2)21-14-6-8-22(13-14)15-10-16(25-3)12-17(11-15)26-4;/h10-12,14H,5-9,13H2,1-4H3,(H2,19,20,21);1H. The molecule has 1 aromatic carbocycles. The Morgan fingerprint density at radius 2 is 1.89 bits per heavy atom. The fourth-order valence-electron chi connectivity index (χ4n) is 2.94. The predicted octanol–water partition coefficient (Wildman–Crippen LogP) is 1.50. The molecule has 2 N–H and O–H groups in total. The summed E-state index contributed by atoms with van der Waals surface area (Å²) in [5.41, 5.74) is 1.05. The fraction of sp³-hybridized carbons (Fsp3) is 0.611. The summed E-state index contributed by atoms with van der Waals surface area (Å²) >= 11 is 0. The van der Waals surface area contributed by atoms with Gasteiger partial charge in [-0.25, -0.2) is 8.42 Å². The Bertz CT molecular complexity index is 736. The maximum atomic E-state index is 11.6. The highest BCUT2D eigenvalue weighted by Gasteiger charge is 2.24. The van der Waals surface area contributed by atoms with Crippen LogP contribution in [0.25, 0.3) is 0 Å². The fourth-order valence-corrected chi connectivity index (χ4v) is 3.65. The van der Waals surface area contributed by atoms with Crippen LogP contribution in [0.15, 0.2) is 23.2 Å². The SMILES string of the molecule is CCS(=O)(=O)CCNC(=NC)NC1CCN(c2cc(OC)cc(OC)c2)C1.I. The first-order valence-electron chi connectivity index (χ1n) is 9.06. The number of sulfone groups is 1. The normalized spacial score (nSPS) is 17.1. The van der Waals surface area contributed by atoms with E-state index in [1.807, 2.05) is 18.2 Å². The number of nitrogens with zero attached hydrogens (tertiary/aromatic N) is 2. The molecular weight excluding hydrogens is 495 g/mol. The highest BCUT2D eigenvalue weighted by atomic mass is 127. The maximum Gasteiger partial charge on any atom is 0.191 e. The van der Waals surface area contributed by atoms with Gasteiger partial charge in [-0.15, -0.1) is 24.0 Å². The third kappa shape index (κ3) is 7.19. The number of hydrogen-bond acceptors (Lipinski definition) is 6. The molecule has 0 aromatic heterocycles. The molecule has 0 spiro atoms. The highest BCUT2D eigenvalue weighted by molar-refractivity contribution is 14.0. The average molecular weight is 526 g/mol. The molecule has 1 aliphatic rings. The molecule has 2 rings (SSSR count). The Hall–Kier alpha value is -1.43. The average Bonchev–Trinajstić information content (AvgIpc) is 3.15. The van der Waals surface area contributed by atoms with Crippen molar-refractivity contribution in [2.45, 2.75) is 19.4 Å².